The van der Waals surface area contributed by atoms with Gasteiger partial charge in [0.1, 0.15) is 6.04 Å². The highest BCUT2D eigenvalue weighted by atomic mass is 16.2. The van der Waals surface area contributed by atoms with Crippen molar-refractivity contribution < 1.29 is 9.59 Å². The minimum atomic E-state index is -0.451. The van der Waals surface area contributed by atoms with Gasteiger partial charge in [0.05, 0.1) is 0 Å². The van der Waals surface area contributed by atoms with Gasteiger partial charge in [0.25, 0.3) is 0 Å². The minimum Gasteiger partial charge on any atom is -0.352 e. The third-order valence-electron chi connectivity index (χ3n) is 3.54. The largest absolute Gasteiger partial charge is 0.352 e. The first-order valence-electron chi connectivity index (χ1n) is 6.40. The lowest BCUT2D eigenvalue weighted by Gasteiger charge is -2.35. The van der Waals surface area contributed by atoms with Crippen LogP contribution in [0.25, 0.3) is 0 Å². The van der Waals surface area contributed by atoms with Crippen LogP contribution >= 0.6 is 0 Å². The molecular weight excluding hydrogens is 228 g/mol. The zero-order valence-corrected chi connectivity index (χ0v) is 10.1. The Balaban J connectivity index is 1.90. The molecule has 2 amide bonds. The van der Waals surface area contributed by atoms with Crippen LogP contribution in [0.4, 0.5) is 0 Å². The van der Waals surface area contributed by atoms with Crippen molar-refractivity contribution in [2.45, 2.75) is 18.9 Å². The summed E-state index contributed by atoms with van der Waals surface area (Å²) in [4.78, 5) is 26.0. The van der Waals surface area contributed by atoms with E-state index in [1.807, 2.05) is 30.3 Å². The zero-order valence-electron chi connectivity index (χ0n) is 10.1. The second-order valence-electron chi connectivity index (χ2n) is 4.91. The smallest absolute Gasteiger partial charge is 0.247 e. The molecule has 1 atom stereocenters. The van der Waals surface area contributed by atoms with Crippen LogP contribution in [0.5, 0.6) is 0 Å². The molecule has 0 spiro atoms. The van der Waals surface area contributed by atoms with Gasteiger partial charge in [-0.15, -0.1) is 0 Å². The standard InChI is InChI=1S/C14H16N2O2/c17-13-12(10-4-2-1-3-5-10)16(9-8-15-13)14(18)11-6-7-11/h1-5,11-12H,6-9H2,(H,15,17). The Morgan fingerprint density at radius 1 is 1.22 bits per heavy atom. The Morgan fingerprint density at radius 3 is 2.61 bits per heavy atom. The average Bonchev–Trinajstić information content (AvgIpc) is 3.23. The first-order valence-corrected chi connectivity index (χ1v) is 6.40. The maximum absolute atomic E-state index is 12.2. The molecule has 4 nitrogen and oxygen atoms in total. The number of nitrogens with zero attached hydrogens (tertiary/aromatic N) is 1. The van der Waals surface area contributed by atoms with Crippen molar-refractivity contribution in [1.82, 2.24) is 10.2 Å². The predicted molar refractivity (Wildman–Crippen MR) is 66.6 cm³/mol. The van der Waals surface area contributed by atoms with E-state index < -0.39 is 6.04 Å². The molecule has 2 aliphatic rings. The quantitative estimate of drug-likeness (QED) is 0.846. The number of carbonyl (C=O) groups is 2. The van der Waals surface area contributed by atoms with Crippen molar-refractivity contribution in [2.24, 2.45) is 5.92 Å². The Kier molecular flexibility index (Phi) is 2.78. The van der Waals surface area contributed by atoms with E-state index >= 15 is 0 Å². The molecule has 1 heterocycles. The zero-order chi connectivity index (χ0) is 12.5. The third kappa shape index (κ3) is 1.98. The van der Waals surface area contributed by atoms with Gasteiger partial charge < -0.3 is 10.2 Å². The molecule has 1 aliphatic carbocycles. The molecule has 18 heavy (non-hydrogen) atoms. The summed E-state index contributed by atoms with van der Waals surface area (Å²) in [6.07, 6.45) is 1.94. The summed E-state index contributed by atoms with van der Waals surface area (Å²) in [5.74, 6) is 0.224. The van der Waals surface area contributed by atoms with Crippen LogP contribution in [0.3, 0.4) is 0 Å². The number of nitrogens with one attached hydrogen (secondary N) is 1. The van der Waals surface area contributed by atoms with Gasteiger partial charge in [-0.1, -0.05) is 30.3 Å². The van der Waals surface area contributed by atoms with Gasteiger partial charge in [0.15, 0.2) is 0 Å². The topological polar surface area (TPSA) is 49.4 Å². The normalized spacial score (nSPS) is 23.7. The van der Waals surface area contributed by atoms with Gasteiger partial charge in [-0.3, -0.25) is 9.59 Å². The Hall–Kier alpha value is -1.84. The van der Waals surface area contributed by atoms with E-state index in [2.05, 4.69) is 5.32 Å². The molecule has 1 aliphatic heterocycles. The fraction of sp³-hybridized carbons (Fsp3) is 0.429. The summed E-state index contributed by atoms with van der Waals surface area (Å²) in [6, 6.07) is 9.07. The molecule has 94 valence electrons. The van der Waals surface area contributed by atoms with Crippen molar-refractivity contribution in [3.8, 4) is 0 Å². The lowest BCUT2D eigenvalue weighted by molar-refractivity contribution is -0.144. The SMILES string of the molecule is O=C1NCCN(C(=O)C2CC2)C1c1ccccc1. The summed E-state index contributed by atoms with van der Waals surface area (Å²) in [7, 11) is 0. The fourth-order valence-electron chi connectivity index (χ4n) is 2.44. The van der Waals surface area contributed by atoms with Crippen LogP contribution in [0.15, 0.2) is 30.3 Å². The number of carbonyl (C=O) groups excluding carboxylic acids is 2. The van der Waals surface area contributed by atoms with E-state index in [1.54, 1.807) is 4.90 Å². The number of hydrogen-bond acceptors (Lipinski definition) is 2. The van der Waals surface area contributed by atoms with Crippen molar-refractivity contribution in [3.05, 3.63) is 35.9 Å². The molecule has 3 rings (SSSR count). The Labute approximate surface area is 106 Å². The average molecular weight is 244 g/mol. The summed E-state index contributed by atoms with van der Waals surface area (Å²) in [6.45, 7) is 1.17. The summed E-state index contributed by atoms with van der Waals surface area (Å²) in [5, 5.41) is 2.84. The maximum atomic E-state index is 12.2. The van der Waals surface area contributed by atoms with Crippen molar-refractivity contribution in [1.29, 1.82) is 0 Å². The van der Waals surface area contributed by atoms with Gasteiger partial charge in [-0.05, 0) is 18.4 Å². The summed E-state index contributed by atoms with van der Waals surface area (Å²) >= 11 is 0. The highest BCUT2D eigenvalue weighted by molar-refractivity contribution is 5.91. The number of amides is 2. The number of hydrogen-bond donors (Lipinski definition) is 1. The van der Waals surface area contributed by atoms with Gasteiger partial charge in [-0.25, -0.2) is 0 Å². The van der Waals surface area contributed by atoms with E-state index in [9.17, 15) is 9.59 Å². The van der Waals surface area contributed by atoms with Crippen LogP contribution in [0, 0.1) is 5.92 Å². The van der Waals surface area contributed by atoms with E-state index in [0.29, 0.717) is 13.1 Å². The van der Waals surface area contributed by atoms with E-state index in [4.69, 9.17) is 0 Å². The molecule has 4 heteroatoms. The maximum Gasteiger partial charge on any atom is 0.247 e. The summed E-state index contributed by atoms with van der Waals surface area (Å²) < 4.78 is 0. The molecule has 1 unspecified atom stereocenters. The van der Waals surface area contributed by atoms with E-state index in [-0.39, 0.29) is 17.7 Å². The van der Waals surface area contributed by atoms with Crippen molar-refractivity contribution in [2.75, 3.05) is 13.1 Å². The third-order valence-corrected chi connectivity index (χ3v) is 3.54. The molecule has 1 saturated carbocycles. The predicted octanol–water partition coefficient (Wildman–Crippen LogP) is 1.10. The fourth-order valence-corrected chi connectivity index (χ4v) is 2.44. The van der Waals surface area contributed by atoms with E-state index in [1.165, 1.54) is 0 Å². The minimum absolute atomic E-state index is 0.0681. The van der Waals surface area contributed by atoms with E-state index in [0.717, 1.165) is 18.4 Å². The molecule has 1 aromatic carbocycles. The highest BCUT2D eigenvalue weighted by Crippen LogP contribution is 2.34. The van der Waals surface area contributed by atoms with Crippen LogP contribution < -0.4 is 5.32 Å². The van der Waals surface area contributed by atoms with Crippen molar-refractivity contribution >= 4 is 11.8 Å². The van der Waals surface area contributed by atoms with Gasteiger partial charge in [0.2, 0.25) is 11.8 Å². The number of benzene rings is 1. The molecule has 0 aromatic heterocycles. The van der Waals surface area contributed by atoms with Crippen LogP contribution in [-0.2, 0) is 9.59 Å². The summed E-state index contributed by atoms with van der Waals surface area (Å²) in [5.41, 5.74) is 0.892. The number of rotatable bonds is 2. The number of piperazine rings is 1. The molecular formula is C14H16N2O2. The molecule has 1 N–H and O–H groups in total. The van der Waals surface area contributed by atoms with Crippen LogP contribution in [0.2, 0.25) is 0 Å². The molecule has 2 fully saturated rings. The Bertz CT molecular complexity index is 468. The van der Waals surface area contributed by atoms with Gasteiger partial charge >= 0.3 is 0 Å². The lowest BCUT2D eigenvalue weighted by Crippen LogP contribution is -2.52. The second kappa shape index (κ2) is 4.44. The van der Waals surface area contributed by atoms with Crippen molar-refractivity contribution in [3.63, 3.8) is 0 Å². The molecule has 1 saturated heterocycles. The van der Waals surface area contributed by atoms with Gasteiger partial charge in [-0.2, -0.15) is 0 Å². The lowest BCUT2D eigenvalue weighted by atomic mass is 10.0. The second-order valence-corrected chi connectivity index (χ2v) is 4.91. The monoisotopic (exact) mass is 244 g/mol. The highest BCUT2D eigenvalue weighted by Gasteiger charge is 2.40. The Morgan fingerprint density at radius 2 is 1.94 bits per heavy atom. The molecule has 0 radical (unpaired) electrons. The molecule has 1 aromatic rings. The van der Waals surface area contributed by atoms with Gasteiger partial charge in [0, 0.05) is 19.0 Å². The van der Waals surface area contributed by atoms with Crippen LogP contribution in [-0.4, -0.2) is 29.8 Å². The molecule has 0 bridgehead atoms. The first-order chi connectivity index (χ1) is 8.77. The first kappa shape index (κ1) is 11.3. The van der Waals surface area contributed by atoms with Crippen LogP contribution in [0.1, 0.15) is 24.4 Å².